The van der Waals surface area contributed by atoms with E-state index < -0.39 is 0 Å². The second kappa shape index (κ2) is 10.2. The number of Topliss-reactive ketones (excluding diaryl/α,β-unsaturated/α-hetero) is 1. The average Bonchev–Trinajstić information content (AvgIpc) is 2.76. The van der Waals surface area contributed by atoms with E-state index in [0.29, 0.717) is 18.7 Å². The van der Waals surface area contributed by atoms with E-state index in [2.05, 4.69) is 31.0 Å². The Kier molecular flexibility index (Phi) is 7.42. The van der Waals surface area contributed by atoms with Crippen LogP contribution in [0.4, 0.5) is 0 Å². The molecule has 29 heavy (non-hydrogen) atoms. The number of hydrogen-bond donors (Lipinski definition) is 0. The zero-order valence-corrected chi connectivity index (χ0v) is 17.3. The van der Waals surface area contributed by atoms with Gasteiger partial charge in [-0.25, -0.2) is 0 Å². The zero-order chi connectivity index (χ0) is 20.6. The Hall–Kier alpha value is -2.66. The van der Waals surface area contributed by atoms with Crippen molar-refractivity contribution in [3.05, 3.63) is 65.7 Å². The highest BCUT2D eigenvalue weighted by Gasteiger charge is 2.30. The SMILES string of the molecule is CCCOc1ccc(C(=O)CCC(=O)N2CCN(C)CC2c2ccccc2)cc1. The fraction of sp³-hybridized carbons (Fsp3) is 0.417. The normalized spacial score (nSPS) is 17.2. The summed E-state index contributed by atoms with van der Waals surface area (Å²) in [5.41, 5.74) is 1.76. The molecular formula is C24H30N2O3. The summed E-state index contributed by atoms with van der Waals surface area (Å²) in [6, 6.07) is 17.4. The standard InChI is InChI=1S/C24H30N2O3/c1-3-17-29-21-11-9-20(10-12-21)23(27)13-14-24(28)26-16-15-25(2)18-22(26)19-7-5-4-6-8-19/h4-12,22H,3,13-18H2,1-2H3. The lowest BCUT2D eigenvalue weighted by atomic mass is 10.0. The number of benzene rings is 2. The van der Waals surface area contributed by atoms with Gasteiger partial charge in [-0.2, -0.15) is 0 Å². The van der Waals surface area contributed by atoms with Crippen LogP contribution in [0.1, 0.15) is 48.1 Å². The predicted octanol–water partition coefficient (Wildman–Crippen LogP) is 3.95. The van der Waals surface area contributed by atoms with Crippen LogP contribution in [0.3, 0.4) is 0 Å². The van der Waals surface area contributed by atoms with Crippen molar-refractivity contribution in [2.45, 2.75) is 32.2 Å². The van der Waals surface area contributed by atoms with Crippen molar-refractivity contribution in [2.24, 2.45) is 0 Å². The molecule has 0 spiro atoms. The third-order valence-electron chi connectivity index (χ3n) is 5.30. The summed E-state index contributed by atoms with van der Waals surface area (Å²) in [6.45, 7) is 5.06. The molecule has 0 radical (unpaired) electrons. The van der Waals surface area contributed by atoms with Gasteiger partial charge < -0.3 is 14.5 Å². The highest BCUT2D eigenvalue weighted by Crippen LogP contribution is 2.26. The molecule has 154 valence electrons. The number of likely N-dealkylation sites (N-methyl/N-ethyl adjacent to an activating group) is 1. The first kappa shape index (κ1) is 21.1. The number of nitrogens with zero attached hydrogens (tertiary/aromatic N) is 2. The molecule has 1 atom stereocenters. The van der Waals surface area contributed by atoms with Crippen LogP contribution in [-0.2, 0) is 4.79 Å². The Bertz CT molecular complexity index is 805. The van der Waals surface area contributed by atoms with Crippen LogP contribution in [0.5, 0.6) is 5.75 Å². The number of hydrogen-bond acceptors (Lipinski definition) is 4. The maximum absolute atomic E-state index is 12.9. The lowest BCUT2D eigenvalue weighted by Crippen LogP contribution is -2.49. The van der Waals surface area contributed by atoms with Gasteiger partial charge in [-0.1, -0.05) is 37.3 Å². The predicted molar refractivity (Wildman–Crippen MR) is 114 cm³/mol. The van der Waals surface area contributed by atoms with Crippen LogP contribution in [-0.4, -0.2) is 54.8 Å². The molecule has 1 aliphatic rings. The van der Waals surface area contributed by atoms with Gasteiger partial charge in [-0.3, -0.25) is 9.59 Å². The Morgan fingerprint density at radius 1 is 1.00 bits per heavy atom. The number of rotatable bonds is 8. The van der Waals surface area contributed by atoms with Crippen molar-refractivity contribution in [1.29, 1.82) is 0 Å². The molecule has 3 rings (SSSR count). The van der Waals surface area contributed by atoms with Gasteiger partial charge in [0, 0.05) is 38.0 Å². The van der Waals surface area contributed by atoms with E-state index in [4.69, 9.17) is 4.74 Å². The van der Waals surface area contributed by atoms with Gasteiger partial charge in [0.1, 0.15) is 5.75 Å². The van der Waals surface area contributed by atoms with E-state index in [9.17, 15) is 9.59 Å². The summed E-state index contributed by atoms with van der Waals surface area (Å²) in [4.78, 5) is 29.7. The Morgan fingerprint density at radius 3 is 2.41 bits per heavy atom. The highest BCUT2D eigenvalue weighted by molar-refractivity contribution is 5.98. The van der Waals surface area contributed by atoms with Crippen LogP contribution in [0.15, 0.2) is 54.6 Å². The topological polar surface area (TPSA) is 49.9 Å². The van der Waals surface area contributed by atoms with Gasteiger partial charge in [0.2, 0.25) is 5.91 Å². The molecule has 1 aliphatic heterocycles. The van der Waals surface area contributed by atoms with Crippen LogP contribution >= 0.6 is 0 Å². The largest absolute Gasteiger partial charge is 0.494 e. The Labute approximate surface area is 173 Å². The fourth-order valence-corrected chi connectivity index (χ4v) is 3.64. The molecule has 0 aromatic heterocycles. The number of piperazine rings is 1. The number of amides is 1. The number of ketones is 1. The first-order chi connectivity index (χ1) is 14.1. The minimum atomic E-state index is -0.00854. The average molecular weight is 395 g/mol. The molecule has 5 nitrogen and oxygen atoms in total. The summed E-state index contributed by atoms with van der Waals surface area (Å²) in [5.74, 6) is 0.802. The molecule has 0 saturated carbocycles. The first-order valence-electron chi connectivity index (χ1n) is 10.4. The molecule has 1 fully saturated rings. The van der Waals surface area contributed by atoms with Gasteiger partial charge in [-0.05, 0) is 43.3 Å². The molecule has 0 aliphatic carbocycles. The van der Waals surface area contributed by atoms with Crippen molar-refractivity contribution < 1.29 is 14.3 Å². The minimum absolute atomic E-state index is 0.00854. The van der Waals surface area contributed by atoms with Gasteiger partial charge >= 0.3 is 0 Å². The maximum atomic E-state index is 12.9. The van der Waals surface area contributed by atoms with Crippen LogP contribution < -0.4 is 4.74 Å². The summed E-state index contributed by atoms with van der Waals surface area (Å²) < 4.78 is 5.55. The van der Waals surface area contributed by atoms with Gasteiger partial charge in [0.25, 0.3) is 0 Å². The van der Waals surface area contributed by atoms with Crippen molar-refractivity contribution in [3.8, 4) is 5.75 Å². The molecule has 1 saturated heterocycles. The van der Waals surface area contributed by atoms with Crippen LogP contribution in [0.25, 0.3) is 0 Å². The summed E-state index contributed by atoms with van der Waals surface area (Å²) in [5, 5.41) is 0. The molecule has 1 amide bonds. The van der Waals surface area contributed by atoms with E-state index in [1.165, 1.54) is 0 Å². The maximum Gasteiger partial charge on any atom is 0.223 e. The van der Waals surface area contributed by atoms with Gasteiger partial charge in [0.05, 0.1) is 12.6 Å². The lowest BCUT2D eigenvalue weighted by Gasteiger charge is -2.40. The number of carbonyl (C=O) groups excluding carboxylic acids is 2. The van der Waals surface area contributed by atoms with E-state index >= 15 is 0 Å². The molecule has 1 unspecified atom stereocenters. The third kappa shape index (κ3) is 5.67. The summed E-state index contributed by atoms with van der Waals surface area (Å²) in [6.07, 6.45) is 1.40. The molecule has 0 N–H and O–H groups in total. The van der Waals surface area contributed by atoms with E-state index in [0.717, 1.165) is 30.8 Å². The van der Waals surface area contributed by atoms with Gasteiger partial charge in [0.15, 0.2) is 5.78 Å². The van der Waals surface area contributed by atoms with Crippen molar-refractivity contribution >= 4 is 11.7 Å². The summed E-state index contributed by atoms with van der Waals surface area (Å²) >= 11 is 0. The monoisotopic (exact) mass is 394 g/mol. The van der Waals surface area contributed by atoms with Crippen molar-refractivity contribution in [2.75, 3.05) is 33.3 Å². The lowest BCUT2D eigenvalue weighted by molar-refractivity contribution is -0.136. The van der Waals surface area contributed by atoms with Gasteiger partial charge in [-0.15, -0.1) is 0 Å². The molecule has 2 aromatic carbocycles. The van der Waals surface area contributed by atoms with Crippen molar-refractivity contribution in [1.82, 2.24) is 9.80 Å². The molecule has 0 bridgehead atoms. The Morgan fingerprint density at radius 2 is 1.72 bits per heavy atom. The van der Waals surface area contributed by atoms with Crippen LogP contribution in [0.2, 0.25) is 0 Å². The number of ether oxygens (including phenoxy) is 1. The molecule has 5 heteroatoms. The minimum Gasteiger partial charge on any atom is -0.494 e. The Balaban J connectivity index is 1.59. The highest BCUT2D eigenvalue weighted by atomic mass is 16.5. The smallest absolute Gasteiger partial charge is 0.223 e. The third-order valence-corrected chi connectivity index (χ3v) is 5.30. The summed E-state index contributed by atoms with van der Waals surface area (Å²) in [7, 11) is 2.08. The first-order valence-corrected chi connectivity index (χ1v) is 10.4. The van der Waals surface area contributed by atoms with E-state index in [1.54, 1.807) is 12.1 Å². The second-order valence-electron chi connectivity index (χ2n) is 7.57. The zero-order valence-electron chi connectivity index (χ0n) is 17.3. The van der Waals surface area contributed by atoms with Crippen LogP contribution in [0, 0.1) is 0 Å². The quantitative estimate of drug-likeness (QED) is 0.636. The second-order valence-corrected chi connectivity index (χ2v) is 7.57. The van der Waals surface area contributed by atoms with E-state index in [1.807, 2.05) is 35.2 Å². The van der Waals surface area contributed by atoms with E-state index in [-0.39, 0.29) is 30.6 Å². The molecule has 2 aromatic rings. The fourth-order valence-electron chi connectivity index (χ4n) is 3.64. The molecule has 1 heterocycles. The number of carbonyl (C=O) groups is 2. The molecular weight excluding hydrogens is 364 g/mol. The van der Waals surface area contributed by atoms with Crippen molar-refractivity contribution in [3.63, 3.8) is 0 Å².